The Morgan fingerprint density at radius 3 is 2.61 bits per heavy atom. The highest BCUT2D eigenvalue weighted by atomic mass is 32.2. The second kappa shape index (κ2) is 7.67. The zero-order chi connectivity index (χ0) is 21.6. The van der Waals surface area contributed by atoms with Crippen molar-refractivity contribution in [2.75, 3.05) is 47.2 Å². The first-order valence-corrected chi connectivity index (χ1v) is 11.6. The van der Waals surface area contributed by atoms with E-state index in [0.717, 1.165) is 37.3 Å². The average molecular weight is 440 g/mol. The highest BCUT2D eigenvalue weighted by Gasteiger charge is 2.49. The second-order valence-electron chi connectivity index (χ2n) is 8.60. The molecule has 0 atom stereocenters. The molecule has 2 aromatic heterocycles. The number of nitrogens with zero attached hydrogens (tertiary/aromatic N) is 4. The SMILES string of the molecule is CNC(=O)c1cnc(NC(=O)C2CC2)cc1Nc1ncnc(N2CC3(CSC3)C2)c1C. The van der Waals surface area contributed by atoms with Gasteiger partial charge in [0.15, 0.2) is 0 Å². The number of carbonyl (C=O) groups excluding carboxylic acids is 2. The van der Waals surface area contributed by atoms with Crippen LogP contribution in [0, 0.1) is 18.3 Å². The van der Waals surface area contributed by atoms with Crippen LogP contribution in [0.1, 0.15) is 28.8 Å². The van der Waals surface area contributed by atoms with Crippen LogP contribution in [0.3, 0.4) is 0 Å². The van der Waals surface area contributed by atoms with Crippen LogP contribution in [0.5, 0.6) is 0 Å². The minimum absolute atomic E-state index is 0.0347. The number of pyridine rings is 1. The van der Waals surface area contributed by atoms with E-state index < -0.39 is 0 Å². The van der Waals surface area contributed by atoms with Gasteiger partial charge in [-0.3, -0.25) is 9.59 Å². The van der Waals surface area contributed by atoms with E-state index >= 15 is 0 Å². The van der Waals surface area contributed by atoms with Gasteiger partial charge in [0.25, 0.3) is 5.91 Å². The quantitative estimate of drug-likeness (QED) is 0.628. The van der Waals surface area contributed by atoms with Crippen LogP contribution in [0.2, 0.25) is 0 Å². The van der Waals surface area contributed by atoms with Crippen molar-refractivity contribution in [3.8, 4) is 0 Å². The van der Waals surface area contributed by atoms with Crippen molar-refractivity contribution < 1.29 is 9.59 Å². The molecule has 0 unspecified atom stereocenters. The molecule has 3 N–H and O–H groups in total. The van der Waals surface area contributed by atoms with Crippen LogP contribution in [0.25, 0.3) is 0 Å². The Morgan fingerprint density at radius 1 is 1.19 bits per heavy atom. The lowest BCUT2D eigenvalue weighted by Crippen LogP contribution is -2.63. The van der Waals surface area contributed by atoms with Gasteiger partial charge in [0.05, 0.1) is 11.3 Å². The van der Waals surface area contributed by atoms with Gasteiger partial charge in [-0.15, -0.1) is 0 Å². The van der Waals surface area contributed by atoms with E-state index in [0.29, 0.717) is 28.3 Å². The molecule has 1 saturated carbocycles. The number of rotatable bonds is 6. The summed E-state index contributed by atoms with van der Waals surface area (Å²) in [6, 6.07) is 1.68. The van der Waals surface area contributed by atoms with E-state index in [1.165, 1.54) is 17.7 Å². The van der Waals surface area contributed by atoms with E-state index in [1.807, 2.05) is 18.7 Å². The Morgan fingerprint density at radius 2 is 1.97 bits per heavy atom. The molecule has 162 valence electrons. The monoisotopic (exact) mass is 439 g/mol. The minimum Gasteiger partial charge on any atom is -0.355 e. The third-order valence-electron chi connectivity index (χ3n) is 6.05. The Labute approximate surface area is 184 Å². The molecule has 1 spiro atoms. The number of carbonyl (C=O) groups is 2. The molecule has 3 fully saturated rings. The lowest BCUT2D eigenvalue weighted by atomic mass is 9.82. The van der Waals surface area contributed by atoms with Gasteiger partial charge in [0, 0.05) is 60.8 Å². The van der Waals surface area contributed by atoms with Gasteiger partial charge in [-0.2, -0.15) is 11.8 Å². The molecule has 10 heteroatoms. The van der Waals surface area contributed by atoms with Gasteiger partial charge >= 0.3 is 0 Å². The lowest BCUT2D eigenvalue weighted by Gasteiger charge is -2.56. The molecule has 0 radical (unpaired) electrons. The number of thioether (sulfide) groups is 1. The smallest absolute Gasteiger partial charge is 0.254 e. The number of nitrogens with one attached hydrogen (secondary N) is 3. The topological polar surface area (TPSA) is 112 Å². The summed E-state index contributed by atoms with van der Waals surface area (Å²) >= 11 is 2.00. The normalized spacial score (nSPS) is 18.7. The summed E-state index contributed by atoms with van der Waals surface area (Å²) in [5, 5.41) is 8.74. The number of anilines is 4. The molecular formula is C21H25N7O2S. The standard InChI is InChI=1S/C21H25N7O2S/c1-12-17(24-11-25-18(12)28-7-21(8-28)9-31-10-21)26-15-5-16(27-19(29)13-3-4-13)23-6-14(15)20(30)22-2/h5-6,11,13H,3-4,7-10H2,1-2H3,(H,22,30)(H2,23,24,25,26,27,29). The summed E-state index contributed by atoms with van der Waals surface area (Å²) in [5.41, 5.74) is 2.29. The van der Waals surface area contributed by atoms with E-state index in [9.17, 15) is 9.59 Å². The van der Waals surface area contributed by atoms with Gasteiger partial charge in [-0.1, -0.05) is 0 Å². The molecular weight excluding hydrogens is 414 g/mol. The maximum atomic E-state index is 12.4. The van der Waals surface area contributed by atoms with Gasteiger partial charge in [0.2, 0.25) is 5.91 Å². The van der Waals surface area contributed by atoms with Gasteiger partial charge in [-0.25, -0.2) is 15.0 Å². The number of aromatic nitrogens is 3. The predicted molar refractivity (Wildman–Crippen MR) is 121 cm³/mol. The Bertz CT molecular complexity index is 1040. The van der Waals surface area contributed by atoms with Crippen molar-refractivity contribution in [2.45, 2.75) is 19.8 Å². The van der Waals surface area contributed by atoms with Crippen LogP contribution < -0.4 is 20.9 Å². The Kier molecular flexibility index (Phi) is 4.96. The first-order chi connectivity index (χ1) is 15.0. The summed E-state index contributed by atoms with van der Waals surface area (Å²) in [6.07, 6.45) is 4.83. The molecule has 2 aliphatic heterocycles. The first-order valence-electron chi connectivity index (χ1n) is 10.4. The summed E-state index contributed by atoms with van der Waals surface area (Å²) in [7, 11) is 1.57. The van der Waals surface area contributed by atoms with Crippen LogP contribution in [-0.2, 0) is 4.79 Å². The molecule has 2 amide bonds. The Hall–Kier alpha value is -2.88. The van der Waals surface area contributed by atoms with Gasteiger partial charge in [0.1, 0.15) is 23.8 Å². The zero-order valence-corrected chi connectivity index (χ0v) is 18.4. The Balaban J connectivity index is 1.40. The van der Waals surface area contributed by atoms with Crippen molar-refractivity contribution in [3.05, 3.63) is 29.7 Å². The first kappa shape index (κ1) is 20.0. The molecule has 0 aromatic carbocycles. The van der Waals surface area contributed by atoms with E-state index in [4.69, 9.17) is 0 Å². The second-order valence-corrected chi connectivity index (χ2v) is 9.59. The fourth-order valence-electron chi connectivity index (χ4n) is 4.02. The van der Waals surface area contributed by atoms with Crippen LogP contribution >= 0.6 is 11.8 Å². The number of amides is 2. The summed E-state index contributed by atoms with van der Waals surface area (Å²) < 4.78 is 0. The van der Waals surface area contributed by atoms with Crippen molar-refractivity contribution >= 4 is 46.7 Å². The van der Waals surface area contributed by atoms with Crippen molar-refractivity contribution in [3.63, 3.8) is 0 Å². The molecule has 9 nitrogen and oxygen atoms in total. The average Bonchev–Trinajstić information content (AvgIpc) is 3.53. The molecule has 0 bridgehead atoms. The largest absolute Gasteiger partial charge is 0.355 e. The maximum absolute atomic E-state index is 12.4. The molecule has 2 aromatic rings. The summed E-state index contributed by atoms with van der Waals surface area (Å²) in [5.74, 6) is 4.16. The zero-order valence-electron chi connectivity index (χ0n) is 17.6. The highest BCUT2D eigenvalue weighted by molar-refractivity contribution is 8.00. The van der Waals surface area contributed by atoms with Gasteiger partial charge < -0.3 is 20.9 Å². The van der Waals surface area contributed by atoms with Crippen molar-refractivity contribution in [1.29, 1.82) is 0 Å². The van der Waals surface area contributed by atoms with Crippen LogP contribution in [0.15, 0.2) is 18.6 Å². The highest BCUT2D eigenvalue weighted by Crippen LogP contribution is 2.47. The van der Waals surface area contributed by atoms with E-state index in [-0.39, 0.29) is 17.7 Å². The number of hydrogen-bond donors (Lipinski definition) is 3. The summed E-state index contributed by atoms with van der Waals surface area (Å²) in [6.45, 7) is 4.02. The third kappa shape index (κ3) is 3.80. The van der Waals surface area contributed by atoms with Crippen molar-refractivity contribution in [2.24, 2.45) is 11.3 Å². The van der Waals surface area contributed by atoms with Crippen LogP contribution in [-0.4, -0.2) is 58.4 Å². The van der Waals surface area contributed by atoms with E-state index in [1.54, 1.807) is 19.4 Å². The van der Waals surface area contributed by atoms with E-state index in [2.05, 4.69) is 35.8 Å². The van der Waals surface area contributed by atoms with Crippen molar-refractivity contribution in [1.82, 2.24) is 20.3 Å². The molecule has 31 heavy (non-hydrogen) atoms. The molecule has 4 heterocycles. The minimum atomic E-state index is -0.269. The molecule has 3 aliphatic rings. The maximum Gasteiger partial charge on any atom is 0.254 e. The lowest BCUT2D eigenvalue weighted by molar-refractivity contribution is -0.117. The van der Waals surface area contributed by atoms with Gasteiger partial charge in [-0.05, 0) is 19.8 Å². The molecule has 2 saturated heterocycles. The molecule has 1 aliphatic carbocycles. The predicted octanol–water partition coefficient (Wildman–Crippen LogP) is 2.18. The summed E-state index contributed by atoms with van der Waals surface area (Å²) in [4.78, 5) is 40.0. The fraction of sp³-hybridized carbons (Fsp3) is 0.476. The van der Waals surface area contributed by atoms with Crippen LogP contribution in [0.4, 0.5) is 23.1 Å². The number of hydrogen-bond acceptors (Lipinski definition) is 8. The third-order valence-corrected chi connectivity index (χ3v) is 7.69. The fourth-order valence-corrected chi connectivity index (χ4v) is 5.16. The molecule has 5 rings (SSSR count).